The fourth-order valence-electron chi connectivity index (χ4n) is 3.84. The topological polar surface area (TPSA) is 49.9 Å². The van der Waals surface area contributed by atoms with Gasteiger partial charge in [0, 0.05) is 35.4 Å². The maximum atomic E-state index is 13.1. The molecular weight excluding hydrogens is 480 g/mol. The zero-order valence-electron chi connectivity index (χ0n) is 19.7. The van der Waals surface area contributed by atoms with E-state index in [0.29, 0.717) is 22.3 Å². The van der Waals surface area contributed by atoms with Crippen molar-refractivity contribution < 1.29 is 14.3 Å². The van der Waals surface area contributed by atoms with Crippen LogP contribution in [0.15, 0.2) is 77.7 Å². The Balaban J connectivity index is 1.60. The summed E-state index contributed by atoms with van der Waals surface area (Å²) >= 11 is 6.90. The summed E-state index contributed by atoms with van der Waals surface area (Å²) in [4.78, 5) is 29.6. The number of hydrogen-bond donors (Lipinski definition) is 0. The third-order valence-electron chi connectivity index (χ3n) is 5.78. The molecule has 0 atom stereocenters. The Kier molecular flexibility index (Phi) is 8.16. The molecule has 1 heterocycles. The van der Waals surface area contributed by atoms with Crippen molar-refractivity contribution in [2.24, 2.45) is 0 Å². The zero-order chi connectivity index (χ0) is 24.8. The molecule has 0 aliphatic carbocycles. The van der Waals surface area contributed by atoms with Crippen molar-refractivity contribution >= 4 is 46.3 Å². The molecule has 0 bridgehead atoms. The molecule has 0 spiro atoms. The van der Waals surface area contributed by atoms with Gasteiger partial charge in [-0.1, -0.05) is 54.1 Å². The highest BCUT2D eigenvalue weighted by molar-refractivity contribution is 8.18. The largest absolute Gasteiger partial charge is 0.488 e. The number of carbonyl (C=O) groups is 2. The summed E-state index contributed by atoms with van der Waals surface area (Å²) in [6, 6.07) is 23.0. The molecule has 1 fully saturated rings. The van der Waals surface area contributed by atoms with E-state index in [1.165, 1.54) is 4.90 Å². The second-order valence-electron chi connectivity index (χ2n) is 8.06. The summed E-state index contributed by atoms with van der Waals surface area (Å²) in [7, 11) is 0. The second kappa shape index (κ2) is 11.5. The number of nitrogens with zero attached hydrogens (tertiary/aromatic N) is 2. The highest BCUT2D eigenvalue weighted by atomic mass is 35.5. The predicted octanol–water partition coefficient (Wildman–Crippen LogP) is 7.00. The standard InChI is InChI=1S/C28H27ClN2O3S/c1-3-30(4-2)24-15-12-22(25(17-24)34-19-21-8-6-5-7-9-21)16-26-27(32)31(28(33)35-26)18-20-10-13-23(29)14-11-20/h5-17H,3-4,18-19H2,1-2H3/b26-16-. The van der Waals surface area contributed by atoms with Gasteiger partial charge in [0.2, 0.25) is 0 Å². The van der Waals surface area contributed by atoms with E-state index in [1.807, 2.05) is 60.7 Å². The minimum absolute atomic E-state index is 0.206. The fourth-order valence-corrected chi connectivity index (χ4v) is 4.79. The Morgan fingerprint density at radius 1 is 0.943 bits per heavy atom. The van der Waals surface area contributed by atoms with E-state index in [9.17, 15) is 9.59 Å². The van der Waals surface area contributed by atoms with Crippen LogP contribution in [0.25, 0.3) is 6.08 Å². The van der Waals surface area contributed by atoms with Crippen LogP contribution in [0.3, 0.4) is 0 Å². The van der Waals surface area contributed by atoms with Gasteiger partial charge in [0.15, 0.2) is 0 Å². The Labute approximate surface area is 215 Å². The van der Waals surface area contributed by atoms with Crippen molar-refractivity contribution in [2.45, 2.75) is 27.0 Å². The van der Waals surface area contributed by atoms with Crippen molar-refractivity contribution in [2.75, 3.05) is 18.0 Å². The number of rotatable bonds is 9. The van der Waals surface area contributed by atoms with Crippen molar-refractivity contribution in [3.63, 3.8) is 0 Å². The van der Waals surface area contributed by atoms with Crippen LogP contribution >= 0.6 is 23.4 Å². The van der Waals surface area contributed by atoms with Crippen LogP contribution in [-0.2, 0) is 17.9 Å². The monoisotopic (exact) mass is 506 g/mol. The van der Waals surface area contributed by atoms with Gasteiger partial charge in [0.05, 0.1) is 11.4 Å². The molecule has 0 N–H and O–H groups in total. The van der Waals surface area contributed by atoms with Gasteiger partial charge in [-0.15, -0.1) is 0 Å². The second-order valence-corrected chi connectivity index (χ2v) is 9.49. The van der Waals surface area contributed by atoms with Gasteiger partial charge in [0.1, 0.15) is 12.4 Å². The molecule has 4 rings (SSSR count). The minimum Gasteiger partial charge on any atom is -0.488 e. The molecule has 3 aromatic rings. The third kappa shape index (κ3) is 6.08. The lowest BCUT2D eigenvalue weighted by Crippen LogP contribution is -2.27. The summed E-state index contributed by atoms with van der Waals surface area (Å²) in [6.07, 6.45) is 1.75. The van der Waals surface area contributed by atoms with Crippen LogP contribution < -0.4 is 9.64 Å². The van der Waals surface area contributed by atoms with E-state index in [2.05, 4.69) is 18.7 Å². The van der Waals surface area contributed by atoms with E-state index in [-0.39, 0.29) is 17.7 Å². The predicted molar refractivity (Wildman–Crippen MR) is 144 cm³/mol. The van der Waals surface area contributed by atoms with E-state index in [0.717, 1.165) is 47.2 Å². The number of hydrogen-bond acceptors (Lipinski definition) is 5. The first-order valence-corrected chi connectivity index (χ1v) is 12.7. The van der Waals surface area contributed by atoms with Crippen LogP contribution in [0.5, 0.6) is 5.75 Å². The summed E-state index contributed by atoms with van der Waals surface area (Å²) in [5.41, 5.74) is 3.70. The molecule has 5 nitrogen and oxygen atoms in total. The van der Waals surface area contributed by atoms with Crippen molar-refractivity contribution in [1.82, 2.24) is 4.90 Å². The number of carbonyl (C=O) groups excluding carboxylic acids is 2. The summed E-state index contributed by atoms with van der Waals surface area (Å²) in [5, 5.41) is 0.321. The average molecular weight is 507 g/mol. The smallest absolute Gasteiger partial charge is 0.293 e. The highest BCUT2D eigenvalue weighted by Gasteiger charge is 2.35. The quantitative estimate of drug-likeness (QED) is 0.292. The fraction of sp³-hybridized carbons (Fsp3) is 0.214. The Morgan fingerprint density at radius 2 is 1.66 bits per heavy atom. The van der Waals surface area contributed by atoms with E-state index < -0.39 is 0 Å². The molecule has 1 aliphatic rings. The summed E-state index contributed by atoms with van der Waals surface area (Å²) < 4.78 is 6.21. The highest BCUT2D eigenvalue weighted by Crippen LogP contribution is 2.36. The molecule has 2 amide bonds. The van der Waals surface area contributed by atoms with Crippen LogP contribution in [0, 0.1) is 0 Å². The molecule has 0 radical (unpaired) electrons. The number of imide groups is 1. The molecule has 7 heteroatoms. The van der Waals surface area contributed by atoms with E-state index in [1.54, 1.807) is 18.2 Å². The first-order valence-electron chi connectivity index (χ1n) is 11.5. The molecule has 0 unspecified atom stereocenters. The molecular formula is C28H27ClN2O3S. The number of ether oxygens (including phenoxy) is 1. The lowest BCUT2D eigenvalue weighted by atomic mass is 10.1. The van der Waals surface area contributed by atoms with Crippen LogP contribution in [0.4, 0.5) is 10.5 Å². The van der Waals surface area contributed by atoms with Gasteiger partial charge in [0.25, 0.3) is 11.1 Å². The Bertz CT molecular complexity index is 1220. The Hall–Kier alpha value is -3.22. The van der Waals surface area contributed by atoms with Crippen LogP contribution in [-0.4, -0.2) is 29.1 Å². The maximum Gasteiger partial charge on any atom is 0.293 e. The normalized spacial score (nSPS) is 14.6. The molecule has 1 aliphatic heterocycles. The first-order chi connectivity index (χ1) is 17.0. The SMILES string of the molecule is CCN(CC)c1ccc(/C=C2\SC(=O)N(Cc3ccc(Cl)cc3)C2=O)c(OCc2ccccc2)c1. The number of thioether (sulfide) groups is 1. The van der Waals surface area contributed by atoms with Gasteiger partial charge in [-0.25, -0.2) is 0 Å². The van der Waals surface area contributed by atoms with E-state index in [4.69, 9.17) is 16.3 Å². The van der Waals surface area contributed by atoms with Gasteiger partial charge in [-0.3, -0.25) is 14.5 Å². The molecule has 35 heavy (non-hydrogen) atoms. The number of halogens is 1. The van der Waals surface area contributed by atoms with Gasteiger partial charge >= 0.3 is 0 Å². The van der Waals surface area contributed by atoms with Crippen molar-refractivity contribution in [1.29, 1.82) is 0 Å². The van der Waals surface area contributed by atoms with Gasteiger partial charge in [-0.2, -0.15) is 0 Å². The van der Waals surface area contributed by atoms with Crippen molar-refractivity contribution in [3.8, 4) is 5.75 Å². The molecule has 180 valence electrons. The number of amides is 2. The van der Waals surface area contributed by atoms with Crippen LogP contribution in [0.2, 0.25) is 5.02 Å². The van der Waals surface area contributed by atoms with E-state index >= 15 is 0 Å². The van der Waals surface area contributed by atoms with Gasteiger partial charge < -0.3 is 9.64 Å². The number of anilines is 1. The third-order valence-corrected chi connectivity index (χ3v) is 6.94. The van der Waals surface area contributed by atoms with Crippen molar-refractivity contribution in [3.05, 3.63) is 99.4 Å². The molecule has 0 saturated carbocycles. The lowest BCUT2D eigenvalue weighted by Gasteiger charge is -2.22. The van der Waals surface area contributed by atoms with Crippen LogP contribution in [0.1, 0.15) is 30.5 Å². The minimum atomic E-state index is -0.309. The molecule has 3 aromatic carbocycles. The number of benzene rings is 3. The zero-order valence-corrected chi connectivity index (χ0v) is 21.3. The molecule has 1 saturated heterocycles. The van der Waals surface area contributed by atoms with Gasteiger partial charge in [-0.05, 0) is 67.1 Å². The maximum absolute atomic E-state index is 13.1. The first kappa shape index (κ1) is 24.9. The summed E-state index contributed by atoms with van der Waals surface area (Å²) in [6.45, 7) is 6.57. The Morgan fingerprint density at radius 3 is 2.34 bits per heavy atom. The average Bonchev–Trinajstić information content (AvgIpc) is 3.13. The summed E-state index contributed by atoms with van der Waals surface area (Å²) in [5.74, 6) is 0.361. The molecule has 0 aromatic heterocycles. The lowest BCUT2D eigenvalue weighted by molar-refractivity contribution is -0.123.